The predicted molar refractivity (Wildman–Crippen MR) is 102 cm³/mol. The minimum atomic E-state index is -0.0588. The van der Waals surface area contributed by atoms with Gasteiger partial charge in [-0.1, -0.05) is 54.6 Å². The van der Waals surface area contributed by atoms with Gasteiger partial charge < -0.3 is 9.30 Å². The van der Waals surface area contributed by atoms with Gasteiger partial charge in [0.1, 0.15) is 0 Å². The van der Waals surface area contributed by atoms with Crippen LogP contribution in [0.5, 0.6) is 0 Å². The van der Waals surface area contributed by atoms with Crippen molar-refractivity contribution in [2.24, 2.45) is 0 Å². The standard InChI is InChI=1S/C21H22N2O.ClH/c1-2-8-19(9-3-1)21(11-6-13-23-14-12-22-17-23)16-24-15-18-7-4-5-10-20(18)21;/h1-5,7-10,12,14,17H,6,11,13,15-16H2;1H. The first-order valence-electron chi connectivity index (χ1n) is 8.56. The number of fused-ring (bicyclic) bond motifs is 1. The van der Waals surface area contributed by atoms with Gasteiger partial charge >= 0.3 is 0 Å². The highest BCUT2D eigenvalue weighted by molar-refractivity contribution is 5.85. The van der Waals surface area contributed by atoms with Crippen LogP contribution < -0.4 is 0 Å². The van der Waals surface area contributed by atoms with E-state index in [2.05, 4.69) is 64.1 Å². The van der Waals surface area contributed by atoms with E-state index in [0.717, 1.165) is 26.0 Å². The topological polar surface area (TPSA) is 27.1 Å². The number of hydrogen-bond acceptors (Lipinski definition) is 2. The highest BCUT2D eigenvalue weighted by Crippen LogP contribution is 2.42. The molecule has 1 aliphatic heterocycles. The van der Waals surface area contributed by atoms with E-state index in [-0.39, 0.29) is 17.8 Å². The zero-order valence-electron chi connectivity index (χ0n) is 14.2. The van der Waals surface area contributed by atoms with Crippen LogP contribution in [0.25, 0.3) is 0 Å². The van der Waals surface area contributed by atoms with Gasteiger partial charge in [0.15, 0.2) is 0 Å². The summed E-state index contributed by atoms with van der Waals surface area (Å²) in [6.45, 7) is 2.45. The van der Waals surface area contributed by atoms with E-state index in [4.69, 9.17) is 4.74 Å². The van der Waals surface area contributed by atoms with Crippen molar-refractivity contribution < 1.29 is 4.74 Å². The molecule has 2 aromatic carbocycles. The first kappa shape index (κ1) is 17.7. The summed E-state index contributed by atoms with van der Waals surface area (Å²) >= 11 is 0. The van der Waals surface area contributed by atoms with Crippen molar-refractivity contribution in [2.75, 3.05) is 6.61 Å². The molecule has 2 heterocycles. The maximum atomic E-state index is 6.03. The molecule has 1 aliphatic rings. The van der Waals surface area contributed by atoms with Gasteiger partial charge in [0.2, 0.25) is 0 Å². The first-order chi connectivity index (χ1) is 11.9. The van der Waals surface area contributed by atoms with Crippen LogP contribution in [0.4, 0.5) is 0 Å². The third kappa shape index (κ3) is 3.48. The second-order valence-corrected chi connectivity index (χ2v) is 6.50. The number of halogens is 1. The van der Waals surface area contributed by atoms with Crippen LogP contribution in [0.2, 0.25) is 0 Å². The lowest BCUT2D eigenvalue weighted by Crippen LogP contribution is -2.38. The number of hydrogen-bond donors (Lipinski definition) is 0. The summed E-state index contributed by atoms with van der Waals surface area (Å²) in [5.74, 6) is 0. The molecular weight excluding hydrogens is 332 g/mol. The van der Waals surface area contributed by atoms with Crippen LogP contribution in [-0.2, 0) is 23.3 Å². The molecule has 3 aromatic rings. The number of aromatic nitrogens is 2. The van der Waals surface area contributed by atoms with E-state index < -0.39 is 0 Å². The van der Waals surface area contributed by atoms with Crippen LogP contribution in [0.3, 0.4) is 0 Å². The Morgan fingerprint density at radius 3 is 2.64 bits per heavy atom. The van der Waals surface area contributed by atoms with Crippen molar-refractivity contribution in [3.05, 3.63) is 90.0 Å². The fourth-order valence-corrected chi connectivity index (χ4v) is 3.86. The summed E-state index contributed by atoms with van der Waals surface area (Å²) in [7, 11) is 0. The van der Waals surface area contributed by atoms with Crippen LogP contribution >= 0.6 is 12.4 Å². The molecule has 0 radical (unpaired) electrons. The smallest absolute Gasteiger partial charge is 0.0945 e. The Balaban J connectivity index is 0.00000182. The minimum absolute atomic E-state index is 0. The fourth-order valence-electron chi connectivity index (χ4n) is 3.86. The van der Waals surface area contributed by atoms with E-state index in [1.165, 1.54) is 16.7 Å². The molecule has 0 amide bonds. The monoisotopic (exact) mass is 354 g/mol. The largest absolute Gasteiger partial charge is 0.375 e. The maximum Gasteiger partial charge on any atom is 0.0945 e. The molecule has 1 aromatic heterocycles. The number of imidazole rings is 1. The van der Waals surface area contributed by atoms with E-state index in [0.29, 0.717) is 6.61 Å². The first-order valence-corrected chi connectivity index (χ1v) is 8.56. The molecule has 0 bridgehead atoms. The van der Waals surface area contributed by atoms with Gasteiger partial charge in [-0.3, -0.25) is 0 Å². The van der Waals surface area contributed by atoms with E-state index in [1.54, 1.807) is 0 Å². The molecule has 0 saturated carbocycles. The number of benzene rings is 2. The van der Waals surface area contributed by atoms with Crippen LogP contribution in [0.15, 0.2) is 73.3 Å². The van der Waals surface area contributed by atoms with Gasteiger partial charge in [0.25, 0.3) is 0 Å². The summed E-state index contributed by atoms with van der Waals surface area (Å²) in [4.78, 5) is 4.14. The molecule has 0 fully saturated rings. The minimum Gasteiger partial charge on any atom is -0.375 e. The highest BCUT2D eigenvalue weighted by Gasteiger charge is 2.38. The summed E-state index contributed by atoms with van der Waals surface area (Å²) in [6, 6.07) is 19.6. The molecule has 0 aliphatic carbocycles. The van der Waals surface area contributed by atoms with Gasteiger partial charge in [-0.05, 0) is 29.5 Å². The number of aryl methyl sites for hydroxylation is 1. The zero-order chi connectivity index (χ0) is 16.2. The Hall–Kier alpha value is -2.10. The Kier molecular flexibility index (Phi) is 5.57. The summed E-state index contributed by atoms with van der Waals surface area (Å²) in [5.41, 5.74) is 4.03. The normalized spacial score (nSPS) is 19.0. The molecule has 0 saturated heterocycles. The molecule has 4 rings (SSSR count). The van der Waals surface area contributed by atoms with Crippen molar-refractivity contribution in [3.8, 4) is 0 Å². The zero-order valence-corrected chi connectivity index (χ0v) is 15.0. The van der Waals surface area contributed by atoms with Gasteiger partial charge in [-0.2, -0.15) is 0 Å². The van der Waals surface area contributed by atoms with E-state index in [9.17, 15) is 0 Å². The van der Waals surface area contributed by atoms with Crippen LogP contribution in [0.1, 0.15) is 29.5 Å². The number of ether oxygens (including phenoxy) is 1. The third-order valence-corrected chi connectivity index (χ3v) is 5.04. The molecule has 4 heteroatoms. The van der Waals surface area contributed by atoms with E-state index >= 15 is 0 Å². The van der Waals surface area contributed by atoms with Crippen molar-refractivity contribution in [1.29, 1.82) is 0 Å². The summed E-state index contributed by atoms with van der Waals surface area (Å²) in [5, 5.41) is 0. The maximum absolute atomic E-state index is 6.03. The second-order valence-electron chi connectivity index (χ2n) is 6.50. The Bertz CT molecular complexity index is 789. The molecule has 0 spiro atoms. The fraction of sp³-hybridized carbons (Fsp3) is 0.286. The Morgan fingerprint density at radius 2 is 1.84 bits per heavy atom. The van der Waals surface area contributed by atoms with Crippen LogP contribution in [0, 0.1) is 0 Å². The molecule has 130 valence electrons. The summed E-state index contributed by atoms with van der Waals surface area (Å²) < 4.78 is 8.18. The SMILES string of the molecule is Cl.c1ccc(C2(CCCn3ccnc3)COCc3ccccc32)cc1. The molecule has 0 N–H and O–H groups in total. The summed E-state index contributed by atoms with van der Waals surface area (Å²) in [6.07, 6.45) is 7.90. The molecule has 1 atom stereocenters. The van der Waals surface area contributed by atoms with Crippen molar-refractivity contribution in [3.63, 3.8) is 0 Å². The number of nitrogens with zero attached hydrogens (tertiary/aromatic N) is 2. The lowest BCUT2D eigenvalue weighted by molar-refractivity contribution is 0.0608. The van der Waals surface area contributed by atoms with Gasteiger partial charge in [0.05, 0.1) is 19.5 Å². The lowest BCUT2D eigenvalue weighted by Gasteiger charge is -2.40. The second kappa shape index (κ2) is 7.85. The van der Waals surface area contributed by atoms with Crippen LogP contribution in [-0.4, -0.2) is 16.2 Å². The molecule has 25 heavy (non-hydrogen) atoms. The Morgan fingerprint density at radius 1 is 1.04 bits per heavy atom. The van der Waals surface area contributed by atoms with E-state index in [1.807, 2.05) is 18.7 Å². The van der Waals surface area contributed by atoms with Crippen molar-refractivity contribution in [2.45, 2.75) is 31.4 Å². The van der Waals surface area contributed by atoms with Gasteiger partial charge in [-0.15, -0.1) is 12.4 Å². The quantitative estimate of drug-likeness (QED) is 0.669. The average Bonchev–Trinajstić information content (AvgIpc) is 3.16. The molecular formula is C21H23ClN2O. The van der Waals surface area contributed by atoms with Crippen molar-refractivity contribution >= 4 is 12.4 Å². The average molecular weight is 355 g/mol. The van der Waals surface area contributed by atoms with Gasteiger partial charge in [0, 0.05) is 24.4 Å². The molecule has 1 unspecified atom stereocenters. The predicted octanol–water partition coefficient (Wildman–Crippen LogP) is 4.60. The third-order valence-electron chi connectivity index (χ3n) is 5.04. The molecule has 3 nitrogen and oxygen atoms in total. The number of rotatable bonds is 5. The Labute approximate surface area is 155 Å². The van der Waals surface area contributed by atoms with Crippen molar-refractivity contribution in [1.82, 2.24) is 9.55 Å². The lowest BCUT2D eigenvalue weighted by atomic mass is 9.69. The van der Waals surface area contributed by atoms with Gasteiger partial charge in [-0.25, -0.2) is 4.98 Å². The highest BCUT2D eigenvalue weighted by atomic mass is 35.5.